The second-order valence-corrected chi connectivity index (χ2v) is 2.07. The molecule has 0 amide bonds. The first-order chi connectivity index (χ1) is 5.13. The summed E-state index contributed by atoms with van der Waals surface area (Å²) in [5, 5.41) is 7.26. The van der Waals surface area contributed by atoms with Gasteiger partial charge in [0.1, 0.15) is 5.71 Å². The van der Waals surface area contributed by atoms with Crippen molar-refractivity contribution in [2.75, 3.05) is 6.61 Å². The van der Waals surface area contributed by atoms with Gasteiger partial charge in [0.25, 0.3) is 0 Å². The van der Waals surface area contributed by atoms with E-state index in [-0.39, 0.29) is 5.71 Å². The van der Waals surface area contributed by atoms with Crippen LogP contribution in [0.1, 0.15) is 20.8 Å². The Labute approximate surface area is 66.6 Å². The SMILES string of the molecule is C/C=C(/C)C(=N)C(=O)OCC. The van der Waals surface area contributed by atoms with Crippen LogP contribution in [-0.2, 0) is 9.53 Å². The Bertz CT molecular complexity index is 194. The highest BCUT2D eigenvalue weighted by Crippen LogP contribution is 1.96. The maximum atomic E-state index is 10.9. The highest BCUT2D eigenvalue weighted by Gasteiger charge is 2.10. The summed E-state index contributed by atoms with van der Waals surface area (Å²) >= 11 is 0. The van der Waals surface area contributed by atoms with Crippen molar-refractivity contribution >= 4 is 11.7 Å². The molecule has 3 heteroatoms. The van der Waals surface area contributed by atoms with Gasteiger partial charge in [-0.05, 0) is 26.3 Å². The number of carbonyl (C=O) groups is 1. The first-order valence-electron chi connectivity index (χ1n) is 3.52. The maximum Gasteiger partial charge on any atom is 0.356 e. The number of carbonyl (C=O) groups excluding carboxylic acids is 1. The largest absolute Gasteiger partial charge is 0.461 e. The van der Waals surface area contributed by atoms with Gasteiger partial charge in [-0.1, -0.05) is 6.08 Å². The van der Waals surface area contributed by atoms with Crippen LogP contribution in [-0.4, -0.2) is 18.3 Å². The third-order valence-electron chi connectivity index (χ3n) is 1.31. The molecule has 0 saturated carbocycles. The molecule has 0 aromatic heterocycles. The zero-order valence-corrected chi connectivity index (χ0v) is 7.10. The molecule has 0 saturated heterocycles. The monoisotopic (exact) mass is 155 g/mol. The van der Waals surface area contributed by atoms with Crippen LogP contribution in [0.3, 0.4) is 0 Å². The normalized spacial score (nSPS) is 11.0. The summed E-state index contributed by atoms with van der Waals surface area (Å²) in [6.45, 7) is 5.52. The van der Waals surface area contributed by atoms with Gasteiger partial charge in [-0.3, -0.25) is 5.41 Å². The predicted octanol–water partition coefficient (Wildman–Crippen LogP) is 1.54. The first-order valence-corrected chi connectivity index (χ1v) is 3.52. The van der Waals surface area contributed by atoms with E-state index in [1.807, 2.05) is 0 Å². The van der Waals surface area contributed by atoms with Crippen molar-refractivity contribution in [3.63, 3.8) is 0 Å². The van der Waals surface area contributed by atoms with Crippen LogP contribution in [0, 0.1) is 5.41 Å². The third-order valence-corrected chi connectivity index (χ3v) is 1.31. The van der Waals surface area contributed by atoms with Gasteiger partial charge < -0.3 is 4.74 Å². The smallest absolute Gasteiger partial charge is 0.356 e. The van der Waals surface area contributed by atoms with Crippen LogP contribution in [0.5, 0.6) is 0 Å². The van der Waals surface area contributed by atoms with Crippen LogP contribution in [0.25, 0.3) is 0 Å². The standard InChI is InChI=1S/C8H13NO2/c1-4-6(3)7(9)8(10)11-5-2/h4,9H,5H2,1-3H3/b6-4-,9-7?. The fourth-order valence-corrected chi connectivity index (χ4v) is 0.509. The fraction of sp³-hybridized carbons (Fsp3) is 0.500. The molecule has 1 N–H and O–H groups in total. The minimum Gasteiger partial charge on any atom is -0.461 e. The predicted molar refractivity (Wildman–Crippen MR) is 43.8 cm³/mol. The summed E-state index contributed by atoms with van der Waals surface area (Å²) in [4.78, 5) is 10.9. The molecule has 0 spiro atoms. The topological polar surface area (TPSA) is 50.2 Å². The lowest BCUT2D eigenvalue weighted by atomic mass is 10.2. The molecule has 3 nitrogen and oxygen atoms in total. The van der Waals surface area contributed by atoms with E-state index in [4.69, 9.17) is 5.41 Å². The summed E-state index contributed by atoms with van der Waals surface area (Å²) in [6.07, 6.45) is 1.71. The average molecular weight is 155 g/mol. The molecule has 0 rings (SSSR count). The minimum absolute atomic E-state index is 0.0608. The number of hydrogen-bond acceptors (Lipinski definition) is 3. The zero-order chi connectivity index (χ0) is 8.85. The molecule has 0 aromatic rings. The van der Waals surface area contributed by atoms with Crippen molar-refractivity contribution in [1.29, 1.82) is 5.41 Å². The Hall–Kier alpha value is -1.12. The summed E-state index contributed by atoms with van der Waals surface area (Å²) in [5.41, 5.74) is 0.581. The summed E-state index contributed by atoms with van der Waals surface area (Å²) in [7, 11) is 0. The Balaban J connectivity index is 4.15. The number of hydrogen-bond donors (Lipinski definition) is 1. The molecule has 0 atom stereocenters. The molecule has 0 fully saturated rings. The summed E-state index contributed by atoms with van der Waals surface area (Å²) < 4.78 is 4.62. The molecular formula is C8H13NO2. The average Bonchev–Trinajstić information content (AvgIpc) is 2.02. The van der Waals surface area contributed by atoms with Gasteiger partial charge in [0.15, 0.2) is 0 Å². The van der Waals surface area contributed by atoms with Gasteiger partial charge >= 0.3 is 5.97 Å². The number of rotatable bonds is 3. The first kappa shape index (κ1) is 9.88. The van der Waals surface area contributed by atoms with Crippen molar-refractivity contribution in [3.8, 4) is 0 Å². The van der Waals surface area contributed by atoms with E-state index < -0.39 is 5.97 Å². The lowest BCUT2D eigenvalue weighted by Gasteiger charge is -2.01. The Morgan fingerprint density at radius 3 is 2.55 bits per heavy atom. The quantitative estimate of drug-likeness (QED) is 0.496. The van der Waals surface area contributed by atoms with E-state index in [1.165, 1.54) is 0 Å². The van der Waals surface area contributed by atoms with Gasteiger partial charge in [0.2, 0.25) is 0 Å². The van der Waals surface area contributed by atoms with Gasteiger partial charge in [0.05, 0.1) is 6.61 Å². The van der Waals surface area contributed by atoms with Crippen molar-refractivity contribution in [3.05, 3.63) is 11.6 Å². The van der Waals surface area contributed by atoms with Crippen LogP contribution >= 0.6 is 0 Å². The fourth-order valence-electron chi connectivity index (χ4n) is 0.509. The van der Waals surface area contributed by atoms with Crippen LogP contribution in [0.2, 0.25) is 0 Å². The molecule has 0 aromatic carbocycles. The van der Waals surface area contributed by atoms with E-state index in [0.717, 1.165) is 0 Å². The third kappa shape index (κ3) is 2.98. The number of nitrogens with one attached hydrogen (secondary N) is 1. The Morgan fingerprint density at radius 2 is 2.18 bits per heavy atom. The van der Waals surface area contributed by atoms with Crippen LogP contribution < -0.4 is 0 Å². The van der Waals surface area contributed by atoms with Crippen LogP contribution in [0.4, 0.5) is 0 Å². The van der Waals surface area contributed by atoms with Crippen molar-refractivity contribution in [2.45, 2.75) is 20.8 Å². The number of esters is 1. The molecule has 0 heterocycles. The molecule has 0 aliphatic heterocycles. The molecule has 62 valence electrons. The van der Waals surface area contributed by atoms with Crippen molar-refractivity contribution < 1.29 is 9.53 Å². The molecule has 0 radical (unpaired) electrons. The van der Waals surface area contributed by atoms with E-state index in [0.29, 0.717) is 12.2 Å². The highest BCUT2D eigenvalue weighted by atomic mass is 16.5. The van der Waals surface area contributed by atoms with Crippen molar-refractivity contribution in [2.24, 2.45) is 0 Å². The maximum absolute atomic E-state index is 10.9. The number of ether oxygens (including phenoxy) is 1. The lowest BCUT2D eigenvalue weighted by Crippen LogP contribution is -2.17. The Morgan fingerprint density at radius 1 is 1.64 bits per heavy atom. The van der Waals surface area contributed by atoms with E-state index in [1.54, 1.807) is 26.8 Å². The van der Waals surface area contributed by atoms with Gasteiger partial charge in [-0.15, -0.1) is 0 Å². The molecule has 0 aliphatic rings. The van der Waals surface area contributed by atoms with Gasteiger partial charge in [-0.2, -0.15) is 0 Å². The summed E-state index contributed by atoms with van der Waals surface area (Å²) in [5.74, 6) is -0.553. The number of allylic oxidation sites excluding steroid dienone is 1. The summed E-state index contributed by atoms with van der Waals surface area (Å²) in [6, 6.07) is 0. The van der Waals surface area contributed by atoms with Crippen molar-refractivity contribution in [1.82, 2.24) is 0 Å². The minimum atomic E-state index is -0.553. The molecule has 0 bridgehead atoms. The van der Waals surface area contributed by atoms with Gasteiger partial charge in [-0.25, -0.2) is 4.79 Å². The Kier molecular flexibility index (Phi) is 4.18. The highest BCUT2D eigenvalue weighted by molar-refractivity contribution is 6.41. The van der Waals surface area contributed by atoms with E-state index >= 15 is 0 Å². The molecule has 0 aliphatic carbocycles. The molecular weight excluding hydrogens is 142 g/mol. The lowest BCUT2D eigenvalue weighted by molar-refractivity contribution is -0.135. The second-order valence-electron chi connectivity index (χ2n) is 2.07. The zero-order valence-electron chi connectivity index (χ0n) is 7.10. The van der Waals surface area contributed by atoms with E-state index in [9.17, 15) is 4.79 Å². The molecule has 0 unspecified atom stereocenters. The van der Waals surface area contributed by atoms with Crippen LogP contribution in [0.15, 0.2) is 11.6 Å². The van der Waals surface area contributed by atoms with Gasteiger partial charge in [0, 0.05) is 0 Å². The van der Waals surface area contributed by atoms with E-state index in [2.05, 4.69) is 4.74 Å². The molecule has 11 heavy (non-hydrogen) atoms. The second kappa shape index (κ2) is 4.66.